The molecule has 4 rings (SSSR count). The smallest absolute Gasteiger partial charge is 0.152 e. The van der Waals surface area contributed by atoms with Crippen molar-refractivity contribution < 1.29 is 19.4 Å². The van der Waals surface area contributed by atoms with Crippen molar-refractivity contribution in [2.75, 3.05) is 13.2 Å². The third-order valence-corrected chi connectivity index (χ3v) is 4.84. The Balaban J connectivity index is 1.46. The zero-order chi connectivity index (χ0) is 16.7. The molecule has 0 radical (unpaired) electrons. The minimum Gasteiger partial charge on any atom is -0.489 e. The molecule has 0 saturated heterocycles. The van der Waals surface area contributed by atoms with E-state index in [0.717, 1.165) is 40.9 Å². The van der Waals surface area contributed by atoms with Gasteiger partial charge >= 0.3 is 0 Å². The lowest BCUT2D eigenvalue weighted by molar-refractivity contribution is 0.00183. The molecule has 0 amide bonds. The number of benzene rings is 1. The van der Waals surface area contributed by atoms with Gasteiger partial charge < -0.3 is 24.3 Å². The Morgan fingerprint density at radius 1 is 1.33 bits per heavy atom. The summed E-state index contributed by atoms with van der Waals surface area (Å²) in [5.41, 5.74) is 1.31. The van der Waals surface area contributed by atoms with Crippen LogP contribution in [0.1, 0.15) is 18.6 Å². The van der Waals surface area contributed by atoms with Crippen LogP contribution in [0.5, 0.6) is 5.75 Å². The van der Waals surface area contributed by atoms with Gasteiger partial charge in [0.15, 0.2) is 6.23 Å². The van der Waals surface area contributed by atoms with Crippen LogP contribution in [0.15, 0.2) is 52.6 Å². The summed E-state index contributed by atoms with van der Waals surface area (Å²) in [6, 6.07) is 7.66. The molecule has 1 atom stereocenters. The summed E-state index contributed by atoms with van der Waals surface area (Å²) in [4.78, 5) is 1.84. The Morgan fingerprint density at radius 2 is 2.17 bits per heavy atom. The zero-order valence-corrected chi connectivity index (χ0v) is 13.6. The summed E-state index contributed by atoms with van der Waals surface area (Å²) >= 11 is 0. The molecule has 1 saturated carbocycles. The lowest BCUT2D eigenvalue weighted by Crippen LogP contribution is -2.46. The molecule has 1 aliphatic heterocycles. The first-order valence-corrected chi connectivity index (χ1v) is 8.19. The van der Waals surface area contributed by atoms with E-state index in [1.807, 2.05) is 54.4 Å². The average Bonchev–Trinajstić information content (AvgIpc) is 3.28. The highest BCUT2D eigenvalue weighted by Gasteiger charge is 2.49. The summed E-state index contributed by atoms with van der Waals surface area (Å²) in [5.74, 6) is 1.60. The normalized spacial score (nSPS) is 21.9. The fourth-order valence-corrected chi connectivity index (χ4v) is 3.20. The van der Waals surface area contributed by atoms with Crippen molar-refractivity contribution in [3.8, 4) is 5.75 Å². The van der Waals surface area contributed by atoms with Gasteiger partial charge in [0, 0.05) is 17.2 Å². The first kappa shape index (κ1) is 15.3. The number of aliphatic hydroxyl groups excluding tert-OH is 2. The van der Waals surface area contributed by atoms with E-state index in [-0.39, 0.29) is 12.1 Å². The first-order chi connectivity index (χ1) is 11.6. The van der Waals surface area contributed by atoms with Crippen LogP contribution in [0.2, 0.25) is 0 Å². The van der Waals surface area contributed by atoms with E-state index in [0.29, 0.717) is 6.61 Å². The number of hydrogen-bond acceptors (Lipinski definition) is 5. The van der Waals surface area contributed by atoms with Gasteiger partial charge in [-0.25, -0.2) is 0 Å². The maximum atomic E-state index is 10.6. The van der Waals surface area contributed by atoms with Crippen LogP contribution in [-0.2, 0) is 0 Å². The van der Waals surface area contributed by atoms with Crippen molar-refractivity contribution in [1.29, 1.82) is 0 Å². The van der Waals surface area contributed by atoms with Crippen molar-refractivity contribution in [2.45, 2.75) is 31.5 Å². The molecule has 1 fully saturated rings. The van der Waals surface area contributed by atoms with Crippen molar-refractivity contribution >= 4 is 11.0 Å². The quantitative estimate of drug-likeness (QED) is 0.884. The Hall–Kier alpha value is -2.24. The molecule has 2 aromatic rings. The lowest BCUT2D eigenvalue weighted by Gasteiger charge is -2.36. The molecule has 1 unspecified atom stereocenters. The van der Waals surface area contributed by atoms with E-state index in [1.54, 1.807) is 0 Å². The molecule has 2 N–H and O–H groups in total. The number of hydrogen-bond donors (Lipinski definition) is 2. The zero-order valence-electron chi connectivity index (χ0n) is 13.6. The molecule has 1 aliphatic carbocycles. The highest BCUT2D eigenvalue weighted by Crippen LogP contribution is 2.44. The van der Waals surface area contributed by atoms with E-state index >= 15 is 0 Å². The number of aryl methyl sites for hydroxylation is 1. The molecule has 24 heavy (non-hydrogen) atoms. The molecule has 5 heteroatoms. The van der Waals surface area contributed by atoms with Crippen LogP contribution < -0.4 is 4.74 Å². The molecular weight excluding hydrogens is 306 g/mol. The van der Waals surface area contributed by atoms with Crippen LogP contribution in [-0.4, -0.2) is 40.1 Å². The Bertz CT molecular complexity index is 816. The predicted octanol–water partition coefficient (Wildman–Crippen LogP) is 2.72. The molecule has 126 valence electrons. The van der Waals surface area contributed by atoms with Crippen LogP contribution in [0, 0.1) is 6.92 Å². The minimum absolute atomic E-state index is 0.0546. The van der Waals surface area contributed by atoms with Crippen molar-refractivity contribution in [1.82, 2.24) is 4.90 Å². The fourth-order valence-electron chi connectivity index (χ4n) is 3.20. The van der Waals surface area contributed by atoms with Crippen molar-refractivity contribution in [3.05, 3.63) is 54.0 Å². The number of furan rings is 1. The van der Waals surface area contributed by atoms with Gasteiger partial charge in [0.2, 0.25) is 0 Å². The summed E-state index contributed by atoms with van der Waals surface area (Å²) in [5, 5.41) is 21.2. The van der Waals surface area contributed by atoms with Gasteiger partial charge in [0.05, 0.1) is 12.1 Å². The van der Waals surface area contributed by atoms with Crippen LogP contribution in [0.25, 0.3) is 11.0 Å². The van der Waals surface area contributed by atoms with Gasteiger partial charge in [-0.15, -0.1) is 0 Å². The predicted molar refractivity (Wildman–Crippen MR) is 90.6 cm³/mol. The van der Waals surface area contributed by atoms with Gasteiger partial charge in [-0.3, -0.25) is 0 Å². The maximum Gasteiger partial charge on any atom is 0.152 e. The van der Waals surface area contributed by atoms with Gasteiger partial charge in [0.1, 0.15) is 23.7 Å². The van der Waals surface area contributed by atoms with Gasteiger partial charge in [0.25, 0.3) is 0 Å². The van der Waals surface area contributed by atoms with E-state index in [4.69, 9.17) is 9.15 Å². The van der Waals surface area contributed by atoms with Gasteiger partial charge in [-0.2, -0.15) is 0 Å². The third-order valence-electron chi connectivity index (χ3n) is 4.84. The highest BCUT2D eigenvalue weighted by molar-refractivity contribution is 5.79. The van der Waals surface area contributed by atoms with Gasteiger partial charge in [-0.05, 0) is 50.1 Å². The van der Waals surface area contributed by atoms with E-state index in [9.17, 15) is 10.2 Å². The highest BCUT2D eigenvalue weighted by atomic mass is 16.5. The number of allylic oxidation sites excluding steroid dienone is 2. The van der Waals surface area contributed by atoms with E-state index in [1.165, 1.54) is 0 Å². The third kappa shape index (κ3) is 2.60. The van der Waals surface area contributed by atoms with E-state index < -0.39 is 6.23 Å². The second-order valence-electron chi connectivity index (χ2n) is 6.59. The number of ether oxygens (including phenoxy) is 1. The lowest BCUT2D eigenvalue weighted by atomic mass is 10.1. The SMILES string of the molecule is Cc1cc2cc(OCC3=CC=CN(C4(CO)CC4)C3O)ccc2o1. The molecule has 5 nitrogen and oxygen atoms in total. The summed E-state index contributed by atoms with van der Waals surface area (Å²) < 4.78 is 11.4. The van der Waals surface area contributed by atoms with Crippen LogP contribution >= 0.6 is 0 Å². The van der Waals surface area contributed by atoms with Crippen LogP contribution in [0.3, 0.4) is 0 Å². The van der Waals surface area contributed by atoms with E-state index in [2.05, 4.69) is 0 Å². The Labute approximate surface area is 140 Å². The number of fused-ring (bicyclic) bond motifs is 1. The molecule has 0 spiro atoms. The second kappa shape index (κ2) is 5.69. The molecule has 1 aromatic heterocycles. The standard InChI is InChI=1S/C19H21NO4/c1-13-9-15-10-16(4-5-17(15)24-13)23-11-14-3-2-8-20(18(14)22)19(12-21)6-7-19/h2-5,8-10,18,21-22H,6-7,11-12H2,1H3. The molecule has 2 aliphatic rings. The first-order valence-electron chi connectivity index (χ1n) is 8.19. The fraction of sp³-hybridized carbons (Fsp3) is 0.368. The number of rotatable bonds is 5. The minimum atomic E-state index is -0.760. The monoisotopic (exact) mass is 327 g/mol. The number of nitrogens with zero attached hydrogens (tertiary/aromatic N) is 1. The number of aliphatic hydroxyl groups is 2. The molecule has 1 aromatic carbocycles. The van der Waals surface area contributed by atoms with Crippen molar-refractivity contribution in [3.63, 3.8) is 0 Å². The molecular formula is C19H21NO4. The summed E-state index contributed by atoms with van der Waals surface area (Å²) in [7, 11) is 0. The second-order valence-corrected chi connectivity index (χ2v) is 6.59. The summed E-state index contributed by atoms with van der Waals surface area (Å²) in [6.45, 7) is 2.27. The average molecular weight is 327 g/mol. The maximum absolute atomic E-state index is 10.6. The molecule has 0 bridgehead atoms. The summed E-state index contributed by atoms with van der Waals surface area (Å²) in [6.07, 6.45) is 6.64. The Kier molecular flexibility index (Phi) is 3.62. The van der Waals surface area contributed by atoms with Crippen LogP contribution in [0.4, 0.5) is 0 Å². The largest absolute Gasteiger partial charge is 0.489 e. The van der Waals surface area contributed by atoms with Gasteiger partial charge in [-0.1, -0.05) is 6.08 Å². The Morgan fingerprint density at radius 3 is 2.92 bits per heavy atom. The molecule has 2 heterocycles. The topological polar surface area (TPSA) is 66.1 Å². The van der Waals surface area contributed by atoms with Crippen molar-refractivity contribution in [2.24, 2.45) is 0 Å².